The normalized spacial score (nSPS) is 15.3. The zero-order valence-corrected chi connectivity index (χ0v) is 6.00. The molecule has 0 amide bonds. The summed E-state index contributed by atoms with van der Waals surface area (Å²) < 4.78 is 4.78. The summed E-state index contributed by atoms with van der Waals surface area (Å²) in [5.41, 5.74) is 0. The van der Waals surface area contributed by atoms with E-state index in [0.717, 1.165) is 0 Å². The molecule has 0 aliphatic heterocycles. The molecule has 0 spiro atoms. The average Bonchev–Trinajstić information content (AvgIpc) is 2.41. The topological polar surface area (TPSA) is 9.23 Å². The zero-order valence-electron chi connectivity index (χ0n) is 6.00. The number of allylic oxidation sites excluding steroid dienone is 4. The van der Waals surface area contributed by atoms with Crippen LogP contribution in [0.2, 0.25) is 0 Å². The highest BCUT2D eigenvalue weighted by Gasteiger charge is 1.95. The van der Waals surface area contributed by atoms with Crippen molar-refractivity contribution in [1.29, 1.82) is 0 Å². The number of hydrogen-bond acceptors (Lipinski definition) is 1. The fourth-order valence-corrected chi connectivity index (χ4v) is 0.760. The van der Waals surface area contributed by atoms with Crippen LogP contribution in [0.3, 0.4) is 0 Å². The monoisotopic (exact) mass is 134 g/mol. The van der Waals surface area contributed by atoms with Gasteiger partial charge in [0.1, 0.15) is 6.61 Å². The van der Waals surface area contributed by atoms with Crippen LogP contribution in [0.5, 0.6) is 0 Å². The summed E-state index contributed by atoms with van der Waals surface area (Å²) in [5, 5.41) is 0. The van der Waals surface area contributed by atoms with E-state index in [9.17, 15) is 0 Å². The van der Waals surface area contributed by atoms with Gasteiger partial charge in [-0.25, -0.2) is 0 Å². The highest BCUT2D eigenvalue weighted by atomic mass is 16.5. The summed E-state index contributed by atoms with van der Waals surface area (Å²) >= 11 is 0. The second-order valence-corrected chi connectivity index (χ2v) is 2.05. The Morgan fingerprint density at radius 3 is 2.70 bits per heavy atom. The van der Waals surface area contributed by atoms with Gasteiger partial charge in [0.15, 0.2) is 0 Å². The quantitative estimate of drug-likeness (QED) is 0.492. The first-order valence-corrected chi connectivity index (χ1v) is 3.26. The molecule has 1 nitrogen and oxygen atoms in total. The van der Waals surface area contributed by atoms with E-state index in [0.29, 0.717) is 12.5 Å². The molecule has 1 heteroatoms. The fraction of sp³-hybridized carbons (Fsp3) is 0.333. The van der Waals surface area contributed by atoms with Crippen LogP contribution in [0, 0.1) is 17.8 Å². The Morgan fingerprint density at radius 1 is 1.40 bits per heavy atom. The first-order chi connectivity index (χ1) is 4.93. The molecular weight excluding hydrogens is 124 g/mol. The first-order valence-electron chi connectivity index (χ1n) is 3.26. The number of hydrogen-bond donors (Lipinski definition) is 0. The van der Waals surface area contributed by atoms with Gasteiger partial charge in [-0.05, 0) is 0 Å². The predicted octanol–water partition coefficient (Wildman–Crippen LogP) is 1.38. The highest BCUT2D eigenvalue weighted by molar-refractivity contribution is 5.27. The van der Waals surface area contributed by atoms with E-state index in [1.54, 1.807) is 7.11 Å². The minimum atomic E-state index is 0.315. The van der Waals surface area contributed by atoms with Crippen LogP contribution in [-0.4, -0.2) is 13.7 Å². The number of methoxy groups -OCH3 is 1. The summed E-state index contributed by atoms with van der Waals surface area (Å²) in [6.45, 7) is 0.526. The van der Waals surface area contributed by atoms with E-state index in [1.807, 2.05) is 12.2 Å². The molecule has 0 fully saturated rings. The van der Waals surface area contributed by atoms with Crippen molar-refractivity contribution < 1.29 is 4.74 Å². The van der Waals surface area contributed by atoms with E-state index in [4.69, 9.17) is 4.74 Å². The number of rotatable bonds is 1. The first kappa shape index (κ1) is 7.11. The van der Waals surface area contributed by atoms with Crippen LogP contribution in [0.4, 0.5) is 0 Å². The van der Waals surface area contributed by atoms with E-state index >= 15 is 0 Å². The molecule has 0 atom stereocenters. The molecular formula is C9H10O. The van der Waals surface area contributed by atoms with E-state index in [1.165, 1.54) is 0 Å². The summed E-state index contributed by atoms with van der Waals surface area (Å²) in [6.07, 6.45) is 8.13. The standard InChI is InChI=1S/C9H10O/c1-10-8-4-7-9-5-2-3-6-9/h2-3,5-6,9H,8H2,1H3. The van der Waals surface area contributed by atoms with Crippen LogP contribution in [0.25, 0.3) is 0 Å². The van der Waals surface area contributed by atoms with Crippen LogP contribution in [0.15, 0.2) is 24.3 Å². The van der Waals surface area contributed by atoms with Crippen LogP contribution >= 0.6 is 0 Å². The van der Waals surface area contributed by atoms with Crippen molar-refractivity contribution in [2.45, 2.75) is 0 Å². The van der Waals surface area contributed by atoms with E-state index in [-0.39, 0.29) is 0 Å². The summed E-state index contributed by atoms with van der Waals surface area (Å²) in [4.78, 5) is 0. The lowest BCUT2D eigenvalue weighted by atomic mass is 10.2. The molecule has 0 aromatic carbocycles. The van der Waals surface area contributed by atoms with E-state index < -0.39 is 0 Å². The van der Waals surface area contributed by atoms with Gasteiger partial charge in [-0.15, -0.1) is 0 Å². The highest BCUT2D eigenvalue weighted by Crippen LogP contribution is 2.05. The molecule has 0 aromatic heterocycles. The maximum atomic E-state index is 4.78. The minimum absolute atomic E-state index is 0.315. The molecule has 0 saturated carbocycles. The van der Waals surface area contributed by atoms with Crippen molar-refractivity contribution in [3.05, 3.63) is 24.3 Å². The van der Waals surface area contributed by atoms with Gasteiger partial charge in [-0.2, -0.15) is 0 Å². The third-order valence-electron chi connectivity index (χ3n) is 1.23. The third kappa shape index (κ3) is 2.08. The second kappa shape index (κ2) is 3.92. The van der Waals surface area contributed by atoms with Gasteiger partial charge >= 0.3 is 0 Å². The van der Waals surface area contributed by atoms with Gasteiger partial charge in [0, 0.05) is 7.11 Å². The molecule has 0 unspecified atom stereocenters. The van der Waals surface area contributed by atoms with Crippen LogP contribution < -0.4 is 0 Å². The summed E-state index contributed by atoms with van der Waals surface area (Å²) in [6, 6.07) is 0. The van der Waals surface area contributed by atoms with Gasteiger partial charge in [0.05, 0.1) is 5.92 Å². The van der Waals surface area contributed by atoms with Gasteiger partial charge in [-0.3, -0.25) is 0 Å². The SMILES string of the molecule is COCC#CC1C=CC=C1. The maximum absolute atomic E-state index is 4.78. The molecule has 10 heavy (non-hydrogen) atoms. The largest absolute Gasteiger partial charge is 0.372 e. The van der Waals surface area contributed by atoms with Gasteiger partial charge in [0.25, 0.3) is 0 Å². The maximum Gasteiger partial charge on any atom is 0.107 e. The zero-order chi connectivity index (χ0) is 7.23. The average molecular weight is 134 g/mol. The summed E-state index contributed by atoms with van der Waals surface area (Å²) in [7, 11) is 1.65. The fourth-order valence-electron chi connectivity index (χ4n) is 0.760. The molecule has 1 aliphatic rings. The van der Waals surface area contributed by atoms with Crippen molar-refractivity contribution in [1.82, 2.24) is 0 Å². The van der Waals surface area contributed by atoms with Crippen LogP contribution in [0.1, 0.15) is 0 Å². The lowest BCUT2D eigenvalue weighted by molar-refractivity contribution is 0.239. The molecule has 1 aliphatic carbocycles. The molecule has 0 bridgehead atoms. The van der Waals surface area contributed by atoms with Crippen molar-refractivity contribution in [2.24, 2.45) is 5.92 Å². The lowest BCUT2D eigenvalue weighted by Crippen LogP contribution is -1.85. The Morgan fingerprint density at radius 2 is 2.10 bits per heavy atom. The van der Waals surface area contributed by atoms with Gasteiger partial charge < -0.3 is 4.74 Å². The molecule has 0 N–H and O–H groups in total. The molecule has 0 radical (unpaired) electrons. The Labute approximate surface area is 61.4 Å². The summed E-state index contributed by atoms with van der Waals surface area (Å²) in [5.74, 6) is 6.25. The van der Waals surface area contributed by atoms with Crippen molar-refractivity contribution in [2.75, 3.05) is 13.7 Å². The third-order valence-corrected chi connectivity index (χ3v) is 1.23. The Balaban J connectivity index is 2.32. The number of ether oxygens (including phenoxy) is 1. The minimum Gasteiger partial charge on any atom is -0.372 e. The van der Waals surface area contributed by atoms with Crippen LogP contribution in [-0.2, 0) is 4.74 Å². The van der Waals surface area contributed by atoms with Gasteiger partial charge in [-0.1, -0.05) is 36.1 Å². The molecule has 1 rings (SSSR count). The Kier molecular flexibility index (Phi) is 2.79. The molecule has 0 aromatic rings. The van der Waals surface area contributed by atoms with E-state index in [2.05, 4.69) is 24.0 Å². The lowest BCUT2D eigenvalue weighted by Gasteiger charge is -1.88. The predicted molar refractivity (Wildman–Crippen MR) is 41.4 cm³/mol. The molecule has 0 heterocycles. The van der Waals surface area contributed by atoms with Crippen molar-refractivity contribution in [3.8, 4) is 11.8 Å². The Bertz CT molecular complexity index is 191. The van der Waals surface area contributed by atoms with Crippen molar-refractivity contribution >= 4 is 0 Å². The van der Waals surface area contributed by atoms with Gasteiger partial charge in [0.2, 0.25) is 0 Å². The molecule has 0 saturated heterocycles. The molecule has 52 valence electrons. The Hall–Kier alpha value is -1.00. The smallest absolute Gasteiger partial charge is 0.107 e. The van der Waals surface area contributed by atoms with Crippen molar-refractivity contribution in [3.63, 3.8) is 0 Å². The second-order valence-electron chi connectivity index (χ2n) is 2.05.